The van der Waals surface area contributed by atoms with Crippen LogP contribution in [0.15, 0.2) is 0 Å². The largest absolute Gasteiger partial charge is 0.319 e. The van der Waals surface area contributed by atoms with E-state index in [1.807, 2.05) is 4.52 Å². The highest BCUT2D eigenvalue weighted by atomic mass is 32.1. The van der Waals surface area contributed by atoms with Crippen molar-refractivity contribution in [2.24, 2.45) is 5.73 Å². The topological polar surface area (TPSA) is 69.1 Å². The van der Waals surface area contributed by atoms with Crippen LogP contribution in [0.1, 0.15) is 49.9 Å². The normalized spacial score (nSPS) is 19.2. The summed E-state index contributed by atoms with van der Waals surface area (Å²) >= 11 is 1.57. The maximum atomic E-state index is 6.26. The third kappa shape index (κ3) is 1.29. The Morgan fingerprint density at radius 3 is 2.69 bits per heavy atom. The van der Waals surface area contributed by atoms with E-state index < -0.39 is 0 Å². The molecule has 86 valence electrons. The molecular weight excluding hydrogens is 222 g/mol. The number of hydrogen-bond donors (Lipinski definition) is 1. The summed E-state index contributed by atoms with van der Waals surface area (Å²) < 4.78 is 1.84. The zero-order valence-electron chi connectivity index (χ0n) is 9.47. The van der Waals surface area contributed by atoms with Crippen LogP contribution in [-0.4, -0.2) is 19.8 Å². The molecule has 2 N–H and O–H groups in total. The van der Waals surface area contributed by atoms with Gasteiger partial charge in [0.25, 0.3) is 0 Å². The van der Waals surface area contributed by atoms with Gasteiger partial charge in [0.05, 0.1) is 5.54 Å². The SMILES string of the molecule is CC(C)c1nnc2sc(C3(N)CCC3)nn12. The molecule has 6 heteroatoms. The van der Waals surface area contributed by atoms with Crippen molar-refractivity contribution in [1.82, 2.24) is 19.8 Å². The van der Waals surface area contributed by atoms with Gasteiger partial charge in [0.1, 0.15) is 5.01 Å². The van der Waals surface area contributed by atoms with Crippen LogP contribution in [0, 0.1) is 0 Å². The Bertz CT molecular complexity index is 522. The number of hydrogen-bond acceptors (Lipinski definition) is 5. The van der Waals surface area contributed by atoms with Crippen molar-refractivity contribution < 1.29 is 0 Å². The molecule has 16 heavy (non-hydrogen) atoms. The lowest BCUT2D eigenvalue weighted by molar-refractivity contribution is 0.250. The third-order valence-electron chi connectivity index (χ3n) is 3.20. The fourth-order valence-electron chi connectivity index (χ4n) is 1.96. The summed E-state index contributed by atoms with van der Waals surface area (Å²) in [4.78, 5) is 0.857. The molecule has 1 saturated carbocycles. The zero-order chi connectivity index (χ0) is 11.3. The van der Waals surface area contributed by atoms with E-state index in [4.69, 9.17) is 5.73 Å². The molecule has 0 bridgehead atoms. The molecule has 0 atom stereocenters. The molecular formula is C10H15N5S. The van der Waals surface area contributed by atoms with Gasteiger partial charge in [-0.2, -0.15) is 9.61 Å². The Morgan fingerprint density at radius 2 is 2.12 bits per heavy atom. The van der Waals surface area contributed by atoms with Gasteiger partial charge in [-0.1, -0.05) is 25.2 Å². The predicted octanol–water partition coefficient (Wildman–Crippen LogP) is 1.65. The van der Waals surface area contributed by atoms with Gasteiger partial charge in [-0.05, 0) is 19.3 Å². The second-order valence-corrected chi connectivity index (χ2v) is 5.78. The molecule has 2 aromatic heterocycles. The number of rotatable bonds is 2. The van der Waals surface area contributed by atoms with Crippen molar-refractivity contribution in [3.8, 4) is 0 Å². The summed E-state index contributed by atoms with van der Waals surface area (Å²) in [5, 5.41) is 13.9. The van der Waals surface area contributed by atoms with Crippen molar-refractivity contribution in [3.05, 3.63) is 10.8 Å². The first kappa shape index (κ1) is 10.2. The predicted molar refractivity (Wildman–Crippen MR) is 62.5 cm³/mol. The minimum absolute atomic E-state index is 0.195. The molecule has 5 nitrogen and oxygen atoms in total. The van der Waals surface area contributed by atoms with Crippen LogP contribution in [0.3, 0.4) is 0 Å². The van der Waals surface area contributed by atoms with E-state index >= 15 is 0 Å². The first-order chi connectivity index (χ1) is 7.60. The lowest BCUT2D eigenvalue weighted by Gasteiger charge is -2.35. The molecule has 0 spiro atoms. The summed E-state index contributed by atoms with van der Waals surface area (Å²) in [6.07, 6.45) is 3.27. The van der Waals surface area contributed by atoms with Crippen LogP contribution in [0.4, 0.5) is 0 Å². The molecule has 1 aliphatic rings. The lowest BCUT2D eigenvalue weighted by Crippen LogP contribution is -2.43. The molecule has 2 heterocycles. The Labute approximate surface area is 97.7 Å². The van der Waals surface area contributed by atoms with Gasteiger partial charge in [-0.25, -0.2) is 0 Å². The van der Waals surface area contributed by atoms with Crippen LogP contribution in [0.5, 0.6) is 0 Å². The van der Waals surface area contributed by atoms with Gasteiger partial charge >= 0.3 is 0 Å². The minimum Gasteiger partial charge on any atom is -0.319 e. The number of nitrogens with two attached hydrogens (primary N) is 1. The smallest absolute Gasteiger partial charge is 0.234 e. The van der Waals surface area contributed by atoms with Crippen LogP contribution in [-0.2, 0) is 5.54 Å². The fraction of sp³-hybridized carbons (Fsp3) is 0.700. The zero-order valence-corrected chi connectivity index (χ0v) is 10.3. The van der Waals surface area contributed by atoms with Gasteiger partial charge in [0, 0.05) is 5.92 Å². The minimum atomic E-state index is -0.195. The van der Waals surface area contributed by atoms with Gasteiger partial charge in [0.2, 0.25) is 4.96 Å². The number of fused-ring (bicyclic) bond motifs is 1. The van der Waals surface area contributed by atoms with Crippen molar-refractivity contribution in [3.63, 3.8) is 0 Å². The molecule has 1 fully saturated rings. The van der Waals surface area contributed by atoms with E-state index in [0.29, 0.717) is 5.92 Å². The molecule has 0 saturated heterocycles. The molecule has 0 aliphatic heterocycles. The lowest BCUT2D eigenvalue weighted by atomic mass is 9.78. The summed E-state index contributed by atoms with van der Waals surface area (Å²) in [7, 11) is 0. The fourth-order valence-corrected chi connectivity index (χ4v) is 2.97. The van der Waals surface area contributed by atoms with E-state index in [0.717, 1.165) is 28.6 Å². The van der Waals surface area contributed by atoms with Gasteiger partial charge in [-0.15, -0.1) is 10.2 Å². The van der Waals surface area contributed by atoms with Crippen LogP contribution in [0.25, 0.3) is 4.96 Å². The molecule has 3 rings (SSSR count). The highest BCUT2D eigenvalue weighted by molar-refractivity contribution is 7.16. The van der Waals surface area contributed by atoms with Crippen molar-refractivity contribution >= 4 is 16.3 Å². The highest BCUT2D eigenvalue weighted by Crippen LogP contribution is 2.40. The number of aromatic nitrogens is 4. The maximum absolute atomic E-state index is 6.26. The van der Waals surface area contributed by atoms with E-state index in [-0.39, 0.29) is 5.54 Å². The van der Waals surface area contributed by atoms with Crippen LogP contribution >= 0.6 is 11.3 Å². The van der Waals surface area contributed by atoms with E-state index in [1.165, 1.54) is 6.42 Å². The second-order valence-electron chi connectivity index (χ2n) is 4.82. The average molecular weight is 237 g/mol. The van der Waals surface area contributed by atoms with Gasteiger partial charge in [0.15, 0.2) is 5.82 Å². The first-order valence-electron chi connectivity index (χ1n) is 5.62. The Kier molecular flexibility index (Phi) is 2.06. The second kappa shape index (κ2) is 3.24. The van der Waals surface area contributed by atoms with Gasteiger partial charge in [-0.3, -0.25) is 0 Å². The van der Waals surface area contributed by atoms with Crippen molar-refractivity contribution in [1.29, 1.82) is 0 Å². The highest BCUT2D eigenvalue weighted by Gasteiger charge is 2.38. The standard InChI is InChI=1S/C10H15N5S/c1-6(2)7-12-13-9-15(7)14-8(16-9)10(11)4-3-5-10/h6H,3-5,11H2,1-2H3. The van der Waals surface area contributed by atoms with E-state index in [9.17, 15) is 0 Å². The van der Waals surface area contributed by atoms with E-state index in [1.54, 1.807) is 11.3 Å². The van der Waals surface area contributed by atoms with Crippen LogP contribution < -0.4 is 5.73 Å². The third-order valence-corrected chi connectivity index (χ3v) is 4.32. The molecule has 0 radical (unpaired) electrons. The van der Waals surface area contributed by atoms with E-state index in [2.05, 4.69) is 29.1 Å². The Morgan fingerprint density at radius 1 is 1.38 bits per heavy atom. The van der Waals surface area contributed by atoms with Crippen molar-refractivity contribution in [2.45, 2.75) is 44.6 Å². The van der Waals surface area contributed by atoms with Gasteiger partial charge < -0.3 is 5.73 Å². The summed E-state index contributed by atoms with van der Waals surface area (Å²) in [5.74, 6) is 1.25. The summed E-state index contributed by atoms with van der Waals surface area (Å²) in [6.45, 7) is 4.19. The molecule has 0 amide bonds. The maximum Gasteiger partial charge on any atom is 0.234 e. The molecule has 0 unspecified atom stereocenters. The molecule has 1 aliphatic carbocycles. The monoisotopic (exact) mass is 237 g/mol. The Balaban J connectivity index is 2.09. The summed E-state index contributed by atoms with van der Waals surface area (Å²) in [6, 6.07) is 0. The average Bonchev–Trinajstić information content (AvgIpc) is 2.71. The van der Waals surface area contributed by atoms with Crippen LogP contribution in [0.2, 0.25) is 0 Å². The number of nitrogens with zero attached hydrogens (tertiary/aromatic N) is 4. The quantitative estimate of drug-likeness (QED) is 0.862. The summed E-state index contributed by atoms with van der Waals surface area (Å²) in [5.41, 5.74) is 6.06. The molecule has 0 aromatic carbocycles. The Hall–Kier alpha value is -1.01. The van der Waals surface area contributed by atoms with Crippen molar-refractivity contribution in [2.75, 3.05) is 0 Å². The molecule has 2 aromatic rings. The first-order valence-corrected chi connectivity index (χ1v) is 6.43.